The van der Waals surface area contributed by atoms with E-state index in [4.69, 9.17) is 10.7 Å². The summed E-state index contributed by atoms with van der Waals surface area (Å²) in [5.74, 6) is 0. The van der Waals surface area contributed by atoms with Gasteiger partial charge in [-0.1, -0.05) is 29.8 Å². The molecule has 3 nitrogen and oxygen atoms in total. The minimum Gasteiger partial charge on any atom is -0.330 e. The van der Waals surface area contributed by atoms with Gasteiger partial charge < -0.3 is 10.1 Å². The fourth-order valence-electron chi connectivity index (χ4n) is 2.87. The van der Waals surface area contributed by atoms with Gasteiger partial charge in [-0.15, -0.1) is 0 Å². The zero-order chi connectivity index (χ0) is 15.0. The van der Waals surface area contributed by atoms with Gasteiger partial charge in [-0.05, 0) is 44.5 Å². The minimum absolute atomic E-state index is 0.625. The maximum absolute atomic E-state index is 5.82. The molecule has 1 aromatic carbocycles. The highest BCUT2D eigenvalue weighted by molar-refractivity contribution is 5.70. The molecule has 0 saturated carbocycles. The molecule has 0 saturated heterocycles. The first-order valence-electron chi connectivity index (χ1n) is 7.35. The van der Waals surface area contributed by atoms with Crippen LogP contribution in [0.5, 0.6) is 0 Å². The molecule has 3 heteroatoms. The molecule has 21 heavy (non-hydrogen) atoms. The van der Waals surface area contributed by atoms with E-state index in [1.807, 2.05) is 0 Å². The van der Waals surface area contributed by atoms with Crippen molar-refractivity contribution < 1.29 is 0 Å². The van der Waals surface area contributed by atoms with Crippen molar-refractivity contribution in [1.29, 1.82) is 0 Å². The van der Waals surface area contributed by atoms with Gasteiger partial charge in [-0.25, -0.2) is 4.98 Å². The van der Waals surface area contributed by atoms with Crippen molar-refractivity contribution in [3.05, 3.63) is 58.9 Å². The Morgan fingerprint density at radius 1 is 1.05 bits per heavy atom. The number of rotatable bonds is 3. The number of pyridine rings is 1. The van der Waals surface area contributed by atoms with E-state index in [-0.39, 0.29) is 0 Å². The summed E-state index contributed by atoms with van der Waals surface area (Å²) in [6, 6.07) is 10.7. The van der Waals surface area contributed by atoms with Gasteiger partial charge in [-0.2, -0.15) is 0 Å². The fourth-order valence-corrected chi connectivity index (χ4v) is 2.87. The summed E-state index contributed by atoms with van der Waals surface area (Å²) in [6.07, 6.45) is 2.97. The molecule has 0 aliphatic rings. The minimum atomic E-state index is 0.625. The molecule has 0 spiro atoms. The van der Waals surface area contributed by atoms with Crippen LogP contribution in [0.3, 0.4) is 0 Å². The molecule has 2 aromatic heterocycles. The topological polar surface area (TPSA) is 43.3 Å². The molecule has 0 fully saturated rings. The van der Waals surface area contributed by atoms with E-state index >= 15 is 0 Å². The van der Waals surface area contributed by atoms with Gasteiger partial charge in [0, 0.05) is 18.2 Å². The third-order valence-electron chi connectivity index (χ3n) is 3.88. The van der Waals surface area contributed by atoms with Crippen LogP contribution in [0.2, 0.25) is 0 Å². The molecule has 0 atom stereocenters. The van der Waals surface area contributed by atoms with Crippen molar-refractivity contribution >= 4 is 5.65 Å². The van der Waals surface area contributed by atoms with Crippen LogP contribution in [0.1, 0.15) is 22.4 Å². The number of imidazole rings is 1. The summed E-state index contributed by atoms with van der Waals surface area (Å²) in [5.41, 5.74) is 14.0. The summed E-state index contributed by atoms with van der Waals surface area (Å²) in [7, 11) is 0. The number of nitrogens with zero attached hydrogens (tertiary/aromatic N) is 2. The van der Waals surface area contributed by atoms with E-state index in [2.05, 4.69) is 61.7 Å². The first-order chi connectivity index (χ1) is 10.1. The quantitative estimate of drug-likeness (QED) is 0.798. The van der Waals surface area contributed by atoms with Gasteiger partial charge in [0.25, 0.3) is 0 Å². The number of hydrogen-bond donors (Lipinski definition) is 1. The van der Waals surface area contributed by atoms with Crippen LogP contribution >= 0.6 is 0 Å². The van der Waals surface area contributed by atoms with E-state index < -0.39 is 0 Å². The average molecular weight is 279 g/mol. The number of fused-ring (bicyclic) bond motifs is 1. The average Bonchev–Trinajstić information content (AvgIpc) is 2.78. The molecular formula is C18H21N3. The summed E-state index contributed by atoms with van der Waals surface area (Å²) in [5, 5.41) is 0. The van der Waals surface area contributed by atoms with Crippen molar-refractivity contribution in [3.8, 4) is 11.3 Å². The monoisotopic (exact) mass is 279 g/mol. The van der Waals surface area contributed by atoms with Crippen molar-refractivity contribution in [2.75, 3.05) is 6.54 Å². The van der Waals surface area contributed by atoms with Crippen molar-refractivity contribution in [3.63, 3.8) is 0 Å². The van der Waals surface area contributed by atoms with Gasteiger partial charge in [-0.3, -0.25) is 0 Å². The number of aryl methyl sites for hydroxylation is 3. The standard InChI is InChI=1S/C18H21N3/c1-12-4-6-15(14(3)10-12)18-16(8-9-19)21-11-13(2)5-7-17(21)20-18/h4-7,10-11H,8-9,19H2,1-3H3. The Hall–Kier alpha value is -2.13. The van der Waals surface area contributed by atoms with Gasteiger partial charge in [0.1, 0.15) is 5.65 Å². The third-order valence-corrected chi connectivity index (χ3v) is 3.88. The van der Waals surface area contributed by atoms with E-state index in [1.165, 1.54) is 27.9 Å². The van der Waals surface area contributed by atoms with E-state index in [9.17, 15) is 0 Å². The lowest BCUT2D eigenvalue weighted by atomic mass is 10.0. The maximum Gasteiger partial charge on any atom is 0.137 e. The van der Waals surface area contributed by atoms with E-state index in [0.717, 1.165) is 17.8 Å². The molecule has 108 valence electrons. The maximum atomic E-state index is 5.82. The molecule has 0 bridgehead atoms. The summed E-state index contributed by atoms with van der Waals surface area (Å²) >= 11 is 0. The zero-order valence-corrected chi connectivity index (χ0v) is 12.9. The predicted molar refractivity (Wildman–Crippen MR) is 87.6 cm³/mol. The lowest BCUT2D eigenvalue weighted by molar-refractivity contribution is 0.904. The highest BCUT2D eigenvalue weighted by Crippen LogP contribution is 2.28. The van der Waals surface area contributed by atoms with Crippen LogP contribution in [-0.2, 0) is 6.42 Å². The molecule has 3 aromatic rings. The number of benzene rings is 1. The second-order valence-corrected chi connectivity index (χ2v) is 5.70. The second-order valence-electron chi connectivity index (χ2n) is 5.70. The van der Waals surface area contributed by atoms with Crippen molar-refractivity contribution in [2.45, 2.75) is 27.2 Å². The molecule has 2 heterocycles. The molecule has 0 amide bonds. The Morgan fingerprint density at radius 3 is 2.52 bits per heavy atom. The molecule has 0 aliphatic heterocycles. The van der Waals surface area contributed by atoms with Gasteiger partial charge in [0.15, 0.2) is 0 Å². The number of aromatic nitrogens is 2. The highest BCUT2D eigenvalue weighted by atomic mass is 15.0. The summed E-state index contributed by atoms with van der Waals surface area (Å²) in [6.45, 7) is 6.98. The lowest BCUT2D eigenvalue weighted by Gasteiger charge is -2.08. The predicted octanol–water partition coefficient (Wildman–Crippen LogP) is 3.43. The Labute approximate surface area is 125 Å². The van der Waals surface area contributed by atoms with Crippen LogP contribution in [-0.4, -0.2) is 15.9 Å². The van der Waals surface area contributed by atoms with E-state index in [1.54, 1.807) is 0 Å². The summed E-state index contributed by atoms with van der Waals surface area (Å²) < 4.78 is 2.18. The van der Waals surface area contributed by atoms with E-state index in [0.29, 0.717) is 6.54 Å². The second kappa shape index (κ2) is 5.34. The van der Waals surface area contributed by atoms with Crippen LogP contribution in [0, 0.1) is 20.8 Å². The Balaban J connectivity index is 2.28. The van der Waals surface area contributed by atoms with Gasteiger partial charge >= 0.3 is 0 Å². The van der Waals surface area contributed by atoms with Crippen LogP contribution in [0.25, 0.3) is 16.9 Å². The Bertz CT molecular complexity index is 800. The van der Waals surface area contributed by atoms with Crippen molar-refractivity contribution in [2.24, 2.45) is 5.73 Å². The largest absolute Gasteiger partial charge is 0.330 e. The lowest BCUT2D eigenvalue weighted by Crippen LogP contribution is -2.06. The van der Waals surface area contributed by atoms with Crippen LogP contribution in [0.15, 0.2) is 36.5 Å². The normalized spacial score (nSPS) is 11.2. The molecule has 0 unspecified atom stereocenters. The molecule has 2 N–H and O–H groups in total. The third kappa shape index (κ3) is 2.45. The number of nitrogens with two attached hydrogens (primary N) is 1. The molecule has 3 rings (SSSR count). The first kappa shape index (κ1) is 13.8. The Morgan fingerprint density at radius 2 is 1.81 bits per heavy atom. The first-order valence-corrected chi connectivity index (χ1v) is 7.35. The fraction of sp³-hybridized carbons (Fsp3) is 0.278. The van der Waals surface area contributed by atoms with Crippen LogP contribution in [0.4, 0.5) is 0 Å². The molecule has 0 radical (unpaired) electrons. The molecule has 0 aliphatic carbocycles. The number of hydrogen-bond acceptors (Lipinski definition) is 2. The summed E-state index contributed by atoms with van der Waals surface area (Å²) in [4.78, 5) is 4.84. The smallest absolute Gasteiger partial charge is 0.137 e. The SMILES string of the molecule is Cc1ccc(-c2nc3ccc(C)cn3c2CCN)c(C)c1. The highest BCUT2D eigenvalue weighted by Gasteiger charge is 2.15. The zero-order valence-electron chi connectivity index (χ0n) is 12.9. The van der Waals surface area contributed by atoms with Crippen molar-refractivity contribution in [1.82, 2.24) is 9.38 Å². The Kier molecular flexibility index (Phi) is 3.52. The van der Waals surface area contributed by atoms with Gasteiger partial charge in [0.2, 0.25) is 0 Å². The van der Waals surface area contributed by atoms with Gasteiger partial charge in [0.05, 0.1) is 11.4 Å². The van der Waals surface area contributed by atoms with Crippen LogP contribution < -0.4 is 5.73 Å². The molecular weight excluding hydrogens is 258 g/mol.